The summed E-state index contributed by atoms with van der Waals surface area (Å²) in [4.78, 5) is 27.1. The number of carbonyl (C=O) groups excluding carboxylic acids is 2. The summed E-state index contributed by atoms with van der Waals surface area (Å²) < 4.78 is 0. The molecule has 4 heteroatoms. The van der Waals surface area contributed by atoms with Gasteiger partial charge in [-0.2, -0.15) is 0 Å². The Balaban J connectivity index is 1.37. The summed E-state index contributed by atoms with van der Waals surface area (Å²) in [7, 11) is 0. The van der Waals surface area contributed by atoms with Gasteiger partial charge in [0.1, 0.15) is 0 Å². The summed E-state index contributed by atoms with van der Waals surface area (Å²) in [6, 6.07) is 20.1. The molecule has 1 aliphatic heterocycles. The van der Waals surface area contributed by atoms with Crippen molar-refractivity contribution >= 4 is 28.3 Å². The molecule has 0 saturated heterocycles. The Morgan fingerprint density at radius 2 is 1.76 bits per heavy atom. The van der Waals surface area contributed by atoms with Crippen LogP contribution in [-0.4, -0.2) is 18.4 Å². The molecule has 1 atom stereocenters. The second kappa shape index (κ2) is 8.08. The van der Waals surface area contributed by atoms with Gasteiger partial charge in [0.25, 0.3) is 5.91 Å². The van der Waals surface area contributed by atoms with Crippen LogP contribution in [0.5, 0.6) is 0 Å². The molecule has 2 amide bonds. The van der Waals surface area contributed by atoms with Crippen LogP contribution in [0.1, 0.15) is 53.7 Å². The highest BCUT2D eigenvalue weighted by Crippen LogP contribution is 2.37. The van der Waals surface area contributed by atoms with E-state index in [0.29, 0.717) is 19.4 Å². The average molecular weight is 386 g/mol. The third-order valence-electron chi connectivity index (χ3n) is 5.66. The van der Waals surface area contributed by atoms with Gasteiger partial charge < -0.3 is 10.2 Å². The minimum atomic E-state index is 0.0227. The van der Waals surface area contributed by atoms with Crippen LogP contribution >= 0.6 is 0 Å². The lowest BCUT2D eigenvalue weighted by atomic mass is 10.0. The van der Waals surface area contributed by atoms with Gasteiger partial charge in [-0.3, -0.25) is 9.59 Å². The first kappa shape index (κ1) is 19.2. The molecule has 0 spiro atoms. The Labute approximate surface area is 171 Å². The van der Waals surface area contributed by atoms with E-state index in [1.54, 1.807) is 0 Å². The lowest BCUT2D eigenvalue weighted by molar-refractivity contribution is -0.121. The SMILES string of the molecule is CCC(NC(=O)CCCN1C(=O)c2cccc3cccc1c23)c1ccc(C)cc1. The lowest BCUT2D eigenvalue weighted by Crippen LogP contribution is -2.31. The molecular formula is C25H26N2O2. The van der Waals surface area contributed by atoms with Crippen molar-refractivity contribution in [3.8, 4) is 0 Å². The minimum absolute atomic E-state index is 0.0227. The van der Waals surface area contributed by atoms with Crippen LogP contribution < -0.4 is 10.2 Å². The monoisotopic (exact) mass is 386 g/mol. The fraction of sp³-hybridized carbons (Fsp3) is 0.280. The van der Waals surface area contributed by atoms with Crippen LogP contribution in [0.4, 0.5) is 5.69 Å². The number of aryl methyl sites for hydroxylation is 1. The van der Waals surface area contributed by atoms with Crippen molar-refractivity contribution in [2.45, 2.75) is 39.2 Å². The maximum atomic E-state index is 12.8. The fourth-order valence-electron chi connectivity index (χ4n) is 4.09. The standard InChI is InChI=1S/C25H26N2O2/c1-3-21(18-14-12-17(2)13-15-18)26-23(28)11-6-16-27-22-10-5-8-19-7-4-9-20(24(19)22)25(27)29/h4-5,7-10,12-15,21H,3,6,11,16H2,1-2H3,(H,26,28). The van der Waals surface area contributed by atoms with E-state index in [1.807, 2.05) is 41.3 Å². The molecule has 1 N–H and O–H groups in total. The molecule has 0 radical (unpaired) electrons. The van der Waals surface area contributed by atoms with Gasteiger partial charge in [0.2, 0.25) is 5.91 Å². The van der Waals surface area contributed by atoms with E-state index in [2.05, 4.69) is 43.4 Å². The van der Waals surface area contributed by atoms with E-state index >= 15 is 0 Å². The quantitative estimate of drug-likeness (QED) is 0.610. The Bertz CT molecular complexity index is 1050. The first-order valence-electron chi connectivity index (χ1n) is 10.3. The number of hydrogen-bond donors (Lipinski definition) is 1. The highest BCUT2D eigenvalue weighted by atomic mass is 16.2. The van der Waals surface area contributed by atoms with Crippen molar-refractivity contribution in [2.24, 2.45) is 0 Å². The van der Waals surface area contributed by atoms with Gasteiger partial charge in [-0.15, -0.1) is 0 Å². The zero-order chi connectivity index (χ0) is 20.4. The number of benzene rings is 3. The largest absolute Gasteiger partial charge is 0.349 e. The maximum Gasteiger partial charge on any atom is 0.258 e. The van der Waals surface area contributed by atoms with Crippen LogP contribution in [-0.2, 0) is 4.79 Å². The van der Waals surface area contributed by atoms with E-state index in [1.165, 1.54) is 5.56 Å². The molecule has 1 aliphatic rings. The van der Waals surface area contributed by atoms with E-state index in [9.17, 15) is 9.59 Å². The topological polar surface area (TPSA) is 49.4 Å². The lowest BCUT2D eigenvalue weighted by Gasteiger charge is -2.19. The van der Waals surface area contributed by atoms with Crippen LogP contribution in [0.15, 0.2) is 60.7 Å². The third kappa shape index (κ3) is 3.75. The van der Waals surface area contributed by atoms with Crippen LogP contribution in [0.25, 0.3) is 10.8 Å². The molecule has 1 unspecified atom stereocenters. The second-order valence-corrected chi connectivity index (χ2v) is 7.68. The first-order chi connectivity index (χ1) is 14.1. The van der Waals surface area contributed by atoms with Gasteiger partial charge in [-0.1, -0.05) is 61.0 Å². The number of carbonyl (C=O) groups is 2. The number of hydrogen-bond acceptors (Lipinski definition) is 2. The summed E-state index contributed by atoms with van der Waals surface area (Å²) in [5.41, 5.74) is 4.05. The van der Waals surface area contributed by atoms with Crippen LogP contribution in [0.3, 0.4) is 0 Å². The van der Waals surface area contributed by atoms with Gasteiger partial charge in [0.05, 0.1) is 11.7 Å². The van der Waals surface area contributed by atoms with E-state index in [-0.39, 0.29) is 17.9 Å². The van der Waals surface area contributed by atoms with Crippen molar-refractivity contribution in [3.05, 3.63) is 77.4 Å². The molecular weight excluding hydrogens is 360 g/mol. The molecule has 4 rings (SSSR count). The molecule has 0 saturated carbocycles. The molecule has 29 heavy (non-hydrogen) atoms. The van der Waals surface area contributed by atoms with E-state index in [4.69, 9.17) is 0 Å². The van der Waals surface area contributed by atoms with Crippen molar-refractivity contribution in [1.29, 1.82) is 0 Å². The zero-order valence-electron chi connectivity index (χ0n) is 16.9. The summed E-state index contributed by atoms with van der Waals surface area (Å²) in [6.45, 7) is 4.68. The highest BCUT2D eigenvalue weighted by molar-refractivity contribution is 6.25. The Morgan fingerprint density at radius 1 is 1.03 bits per heavy atom. The van der Waals surface area contributed by atoms with Crippen LogP contribution in [0.2, 0.25) is 0 Å². The van der Waals surface area contributed by atoms with Gasteiger partial charge in [0.15, 0.2) is 0 Å². The van der Waals surface area contributed by atoms with Gasteiger partial charge >= 0.3 is 0 Å². The first-order valence-corrected chi connectivity index (χ1v) is 10.3. The molecule has 148 valence electrons. The number of anilines is 1. The van der Waals surface area contributed by atoms with E-state index < -0.39 is 0 Å². The predicted molar refractivity (Wildman–Crippen MR) is 117 cm³/mol. The number of nitrogens with zero attached hydrogens (tertiary/aromatic N) is 1. The predicted octanol–water partition coefficient (Wildman–Crippen LogP) is 5.16. The summed E-state index contributed by atoms with van der Waals surface area (Å²) >= 11 is 0. The second-order valence-electron chi connectivity index (χ2n) is 7.68. The molecule has 0 aliphatic carbocycles. The molecule has 0 fully saturated rings. The van der Waals surface area contributed by atoms with Crippen LogP contribution in [0, 0.1) is 6.92 Å². The molecule has 0 aromatic heterocycles. The molecule has 1 heterocycles. The Morgan fingerprint density at radius 3 is 2.48 bits per heavy atom. The summed E-state index contributed by atoms with van der Waals surface area (Å²) in [5.74, 6) is 0.0584. The minimum Gasteiger partial charge on any atom is -0.349 e. The normalized spacial score (nSPS) is 13.7. The van der Waals surface area contributed by atoms with Crippen molar-refractivity contribution in [1.82, 2.24) is 5.32 Å². The summed E-state index contributed by atoms with van der Waals surface area (Å²) in [5, 5.41) is 5.24. The maximum absolute atomic E-state index is 12.8. The Kier molecular flexibility index (Phi) is 5.34. The highest BCUT2D eigenvalue weighted by Gasteiger charge is 2.29. The molecule has 0 bridgehead atoms. The number of amides is 2. The van der Waals surface area contributed by atoms with Crippen molar-refractivity contribution in [2.75, 3.05) is 11.4 Å². The van der Waals surface area contributed by atoms with Crippen molar-refractivity contribution < 1.29 is 9.59 Å². The third-order valence-corrected chi connectivity index (χ3v) is 5.66. The molecule has 3 aromatic carbocycles. The molecule has 3 aromatic rings. The van der Waals surface area contributed by atoms with Gasteiger partial charge in [0, 0.05) is 23.9 Å². The van der Waals surface area contributed by atoms with E-state index in [0.717, 1.165) is 34.0 Å². The smallest absolute Gasteiger partial charge is 0.258 e. The van der Waals surface area contributed by atoms with Gasteiger partial charge in [-0.25, -0.2) is 0 Å². The number of rotatable bonds is 7. The number of nitrogens with one attached hydrogen (secondary N) is 1. The van der Waals surface area contributed by atoms with Gasteiger partial charge in [-0.05, 0) is 42.8 Å². The average Bonchev–Trinajstić information content (AvgIpc) is 3.01. The Hall–Kier alpha value is -3.14. The summed E-state index contributed by atoms with van der Waals surface area (Å²) in [6.07, 6.45) is 1.88. The zero-order valence-corrected chi connectivity index (χ0v) is 16.9. The molecule has 4 nitrogen and oxygen atoms in total. The fourth-order valence-corrected chi connectivity index (χ4v) is 4.09. The van der Waals surface area contributed by atoms with Crippen molar-refractivity contribution in [3.63, 3.8) is 0 Å².